The summed E-state index contributed by atoms with van der Waals surface area (Å²) in [6, 6.07) is 11.6. The zero-order valence-electron chi connectivity index (χ0n) is 13.5. The van der Waals surface area contributed by atoms with Gasteiger partial charge in [-0.05, 0) is 41.1 Å². The number of carbonyl (C=O) groups excluding carboxylic acids is 1. The van der Waals surface area contributed by atoms with E-state index in [0.717, 1.165) is 0 Å². The lowest BCUT2D eigenvalue weighted by molar-refractivity contribution is -0.384. The number of rotatable bonds is 4. The Morgan fingerprint density at radius 2 is 1.93 bits per heavy atom. The molecule has 0 aliphatic heterocycles. The molecular weight excluding hydrogens is 393 g/mol. The Labute approximate surface area is 163 Å². The van der Waals surface area contributed by atoms with Crippen LogP contribution in [0.1, 0.15) is 15.9 Å². The quantitative estimate of drug-likeness (QED) is 0.379. The maximum atomic E-state index is 12.1. The van der Waals surface area contributed by atoms with Crippen molar-refractivity contribution in [1.29, 1.82) is 0 Å². The standard InChI is InChI=1S/C18H11Cl2N3O4/c19-11-2-4-14(16(20)8-11)18(25)22-21-9-15-13-5-3-12(23(26)27)7-10(13)1-6-17(15)24/h1-9,24H,(H,22,25)/b21-9-. The molecule has 3 rings (SSSR count). The van der Waals surface area contributed by atoms with Crippen LogP contribution in [-0.4, -0.2) is 22.2 Å². The van der Waals surface area contributed by atoms with E-state index >= 15 is 0 Å². The van der Waals surface area contributed by atoms with Crippen molar-refractivity contribution in [2.45, 2.75) is 0 Å². The van der Waals surface area contributed by atoms with Crippen LogP contribution >= 0.6 is 23.2 Å². The summed E-state index contributed by atoms with van der Waals surface area (Å²) in [4.78, 5) is 22.5. The van der Waals surface area contributed by atoms with Crippen molar-refractivity contribution in [3.63, 3.8) is 0 Å². The number of hydrogen-bond acceptors (Lipinski definition) is 5. The average molecular weight is 404 g/mol. The first-order valence-corrected chi connectivity index (χ1v) is 8.31. The molecule has 0 aliphatic carbocycles. The molecule has 0 bridgehead atoms. The van der Waals surface area contributed by atoms with Gasteiger partial charge in [0.05, 0.1) is 21.7 Å². The highest BCUT2D eigenvalue weighted by Crippen LogP contribution is 2.28. The van der Waals surface area contributed by atoms with Gasteiger partial charge in [-0.2, -0.15) is 5.10 Å². The van der Waals surface area contributed by atoms with Gasteiger partial charge in [0.25, 0.3) is 11.6 Å². The van der Waals surface area contributed by atoms with Crippen LogP contribution in [0.4, 0.5) is 5.69 Å². The van der Waals surface area contributed by atoms with Crippen LogP contribution in [0.5, 0.6) is 5.75 Å². The number of fused-ring (bicyclic) bond motifs is 1. The van der Waals surface area contributed by atoms with Crippen molar-refractivity contribution < 1.29 is 14.8 Å². The zero-order chi connectivity index (χ0) is 19.6. The lowest BCUT2D eigenvalue weighted by atomic mass is 10.0. The van der Waals surface area contributed by atoms with Gasteiger partial charge in [0.15, 0.2) is 0 Å². The monoisotopic (exact) mass is 403 g/mol. The lowest BCUT2D eigenvalue weighted by Gasteiger charge is -2.06. The number of phenolic OH excluding ortho intramolecular Hbond substituents is 1. The largest absolute Gasteiger partial charge is 0.507 e. The molecule has 27 heavy (non-hydrogen) atoms. The molecule has 0 fully saturated rings. The van der Waals surface area contributed by atoms with E-state index in [0.29, 0.717) is 21.4 Å². The highest BCUT2D eigenvalue weighted by Gasteiger charge is 2.12. The number of amides is 1. The highest BCUT2D eigenvalue weighted by atomic mass is 35.5. The molecule has 1 amide bonds. The topological polar surface area (TPSA) is 105 Å². The van der Waals surface area contributed by atoms with Crippen LogP contribution in [0.3, 0.4) is 0 Å². The number of nitrogens with zero attached hydrogens (tertiary/aromatic N) is 2. The van der Waals surface area contributed by atoms with E-state index in [4.69, 9.17) is 23.2 Å². The first-order valence-electron chi connectivity index (χ1n) is 7.55. The summed E-state index contributed by atoms with van der Waals surface area (Å²) in [6.45, 7) is 0. The van der Waals surface area contributed by atoms with E-state index < -0.39 is 10.8 Å². The minimum atomic E-state index is -0.553. The molecule has 0 heterocycles. The van der Waals surface area contributed by atoms with Gasteiger partial charge in [-0.25, -0.2) is 5.43 Å². The molecule has 0 aliphatic rings. The van der Waals surface area contributed by atoms with Crippen molar-refractivity contribution >= 4 is 51.8 Å². The Kier molecular flexibility index (Phi) is 5.25. The molecule has 136 valence electrons. The Balaban J connectivity index is 1.88. The van der Waals surface area contributed by atoms with E-state index in [1.807, 2.05) is 0 Å². The van der Waals surface area contributed by atoms with Crippen LogP contribution < -0.4 is 5.43 Å². The van der Waals surface area contributed by atoms with Crippen molar-refractivity contribution in [3.8, 4) is 5.75 Å². The normalized spacial score (nSPS) is 11.0. The van der Waals surface area contributed by atoms with Gasteiger partial charge in [-0.1, -0.05) is 29.3 Å². The third-order valence-corrected chi connectivity index (χ3v) is 4.32. The van der Waals surface area contributed by atoms with Gasteiger partial charge in [0, 0.05) is 22.7 Å². The molecule has 0 saturated heterocycles. The smallest absolute Gasteiger partial charge is 0.272 e. The predicted octanol–water partition coefficient (Wildman–Crippen LogP) is 4.52. The Morgan fingerprint density at radius 3 is 2.63 bits per heavy atom. The fourth-order valence-corrected chi connectivity index (χ4v) is 2.96. The lowest BCUT2D eigenvalue weighted by Crippen LogP contribution is -2.18. The summed E-state index contributed by atoms with van der Waals surface area (Å²) in [7, 11) is 0. The number of nitro groups is 1. The summed E-state index contributed by atoms with van der Waals surface area (Å²) in [6.07, 6.45) is 1.26. The molecule has 0 radical (unpaired) electrons. The predicted molar refractivity (Wildman–Crippen MR) is 104 cm³/mol. The van der Waals surface area contributed by atoms with Gasteiger partial charge in [0.2, 0.25) is 0 Å². The molecule has 0 unspecified atom stereocenters. The fourth-order valence-electron chi connectivity index (χ4n) is 2.47. The molecule has 0 atom stereocenters. The van der Waals surface area contributed by atoms with Gasteiger partial charge >= 0.3 is 0 Å². The van der Waals surface area contributed by atoms with Gasteiger partial charge in [-0.15, -0.1) is 0 Å². The number of carbonyl (C=O) groups is 1. The summed E-state index contributed by atoms with van der Waals surface area (Å²) >= 11 is 11.8. The van der Waals surface area contributed by atoms with E-state index in [1.165, 1.54) is 48.7 Å². The van der Waals surface area contributed by atoms with E-state index in [1.54, 1.807) is 6.07 Å². The number of nitrogens with one attached hydrogen (secondary N) is 1. The minimum absolute atomic E-state index is 0.0678. The number of nitro benzene ring substituents is 1. The van der Waals surface area contributed by atoms with Crippen LogP contribution in [0.25, 0.3) is 10.8 Å². The molecule has 0 aromatic heterocycles. The first kappa shape index (κ1) is 18.6. The highest BCUT2D eigenvalue weighted by molar-refractivity contribution is 6.36. The number of benzene rings is 3. The number of non-ortho nitro benzene ring substituents is 1. The van der Waals surface area contributed by atoms with Crippen molar-refractivity contribution in [3.05, 3.63) is 79.8 Å². The minimum Gasteiger partial charge on any atom is -0.507 e. The molecule has 7 nitrogen and oxygen atoms in total. The summed E-state index contributed by atoms with van der Waals surface area (Å²) in [5.74, 6) is -0.637. The molecule has 3 aromatic carbocycles. The summed E-state index contributed by atoms with van der Waals surface area (Å²) in [5, 5.41) is 26.5. The molecule has 2 N–H and O–H groups in total. The number of hydrazone groups is 1. The molecule has 3 aromatic rings. The van der Waals surface area contributed by atoms with Crippen LogP contribution in [0, 0.1) is 10.1 Å². The van der Waals surface area contributed by atoms with Crippen molar-refractivity contribution in [1.82, 2.24) is 5.43 Å². The number of hydrogen-bond donors (Lipinski definition) is 2. The number of halogens is 2. The fraction of sp³-hybridized carbons (Fsp3) is 0. The van der Waals surface area contributed by atoms with Crippen molar-refractivity contribution in [2.75, 3.05) is 0 Å². The van der Waals surface area contributed by atoms with E-state index in [2.05, 4.69) is 10.5 Å². The van der Waals surface area contributed by atoms with Crippen LogP contribution in [-0.2, 0) is 0 Å². The van der Waals surface area contributed by atoms with Crippen LogP contribution in [0.15, 0.2) is 53.6 Å². The maximum Gasteiger partial charge on any atom is 0.272 e. The molecule has 0 spiro atoms. The first-order chi connectivity index (χ1) is 12.9. The van der Waals surface area contributed by atoms with Crippen LogP contribution in [0.2, 0.25) is 10.0 Å². The summed E-state index contributed by atoms with van der Waals surface area (Å²) < 4.78 is 0. The molecule has 9 heteroatoms. The van der Waals surface area contributed by atoms with Gasteiger partial charge in [0.1, 0.15) is 5.75 Å². The second-order valence-electron chi connectivity index (χ2n) is 5.48. The number of phenols is 1. The summed E-state index contributed by atoms with van der Waals surface area (Å²) in [5.41, 5.74) is 2.75. The third-order valence-electron chi connectivity index (χ3n) is 3.77. The molecular formula is C18H11Cl2N3O4. The SMILES string of the molecule is O=C(N/N=C\c1c(O)ccc2cc([N+](=O)[O-])ccc12)c1ccc(Cl)cc1Cl. The Morgan fingerprint density at radius 1 is 1.15 bits per heavy atom. The number of aromatic hydroxyl groups is 1. The Bertz CT molecular complexity index is 1100. The second kappa shape index (κ2) is 7.61. The maximum absolute atomic E-state index is 12.1. The Hall–Kier alpha value is -3.16. The van der Waals surface area contributed by atoms with Crippen molar-refractivity contribution in [2.24, 2.45) is 5.10 Å². The zero-order valence-corrected chi connectivity index (χ0v) is 15.0. The van der Waals surface area contributed by atoms with E-state index in [9.17, 15) is 20.0 Å². The van der Waals surface area contributed by atoms with Gasteiger partial charge < -0.3 is 5.11 Å². The third kappa shape index (κ3) is 3.99. The van der Waals surface area contributed by atoms with E-state index in [-0.39, 0.29) is 22.0 Å². The average Bonchev–Trinajstić information content (AvgIpc) is 2.62. The van der Waals surface area contributed by atoms with Gasteiger partial charge in [-0.3, -0.25) is 14.9 Å². The second-order valence-corrected chi connectivity index (χ2v) is 6.33. The molecule has 0 saturated carbocycles.